The zero-order valence-corrected chi connectivity index (χ0v) is 15.4. The van der Waals surface area contributed by atoms with Crippen LogP contribution >= 0.6 is 23.2 Å². The van der Waals surface area contributed by atoms with Crippen LogP contribution in [0.1, 0.15) is 28.9 Å². The van der Waals surface area contributed by atoms with Gasteiger partial charge in [0.25, 0.3) is 5.91 Å². The van der Waals surface area contributed by atoms with E-state index in [2.05, 4.69) is 20.6 Å². The van der Waals surface area contributed by atoms with Crippen molar-refractivity contribution in [3.05, 3.63) is 82.1 Å². The molecule has 0 aliphatic rings. The predicted molar refractivity (Wildman–Crippen MR) is 104 cm³/mol. The van der Waals surface area contributed by atoms with Crippen LogP contribution in [-0.4, -0.2) is 15.9 Å². The van der Waals surface area contributed by atoms with Crippen molar-refractivity contribution in [2.75, 3.05) is 5.32 Å². The summed E-state index contributed by atoms with van der Waals surface area (Å²) in [5.74, 6) is 0.0966. The van der Waals surface area contributed by atoms with E-state index in [9.17, 15) is 4.79 Å². The average Bonchev–Trinajstić information content (AvgIpc) is 2.65. The summed E-state index contributed by atoms with van der Waals surface area (Å²) in [5, 5.41) is 6.91. The molecule has 3 aromatic rings. The van der Waals surface area contributed by atoms with Crippen molar-refractivity contribution in [1.82, 2.24) is 15.3 Å². The van der Waals surface area contributed by atoms with E-state index in [-0.39, 0.29) is 11.9 Å². The van der Waals surface area contributed by atoms with Gasteiger partial charge in [0.15, 0.2) is 0 Å². The number of hydrogen-bond donors (Lipinski definition) is 2. The minimum Gasteiger partial charge on any atom is -0.345 e. The number of aromatic nitrogens is 2. The summed E-state index contributed by atoms with van der Waals surface area (Å²) in [6.07, 6.45) is 2.93. The van der Waals surface area contributed by atoms with Crippen molar-refractivity contribution in [3.63, 3.8) is 0 Å². The number of nitrogens with zero attached hydrogens (tertiary/aromatic N) is 2. The van der Waals surface area contributed by atoms with Crippen LogP contribution in [0.25, 0.3) is 0 Å². The lowest BCUT2D eigenvalue weighted by atomic mass is 10.1. The standard InChI is InChI=1S/C19H16Cl2N4O/c1-12(13-5-3-2-4-6-13)24-18(26)14-10-22-19(23-11-14)25-17-8-7-15(20)9-16(17)21/h2-12H,1H3,(H,24,26)(H,22,23,25). The highest BCUT2D eigenvalue weighted by Gasteiger charge is 2.12. The second-order valence-electron chi connectivity index (χ2n) is 5.65. The first kappa shape index (κ1) is 18.2. The molecule has 0 bridgehead atoms. The molecular weight excluding hydrogens is 371 g/mol. The number of amides is 1. The first-order valence-electron chi connectivity index (χ1n) is 7.93. The number of rotatable bonds is 5. The van der Waals surface area contributed by atoms with E-state index in [4.69, 9.17) is 23.2 Å². The lowest BCUT2D eigenvalue weighted by molar-refractivity contribution is 0.0939. The lowest BCUT2D eigenvalue weighted by Gasteiger charge is -2.14. The molecule has 0 saturated heterocycles. The zero-order chi connectivity index (χ0) is 18.5. The van der Waals surface area contributed by atoms with Crippen LogP contribution in [0, 0.1) is 0 Å². The molecule has 1 amide bonds. The molecule has 1 aromatic heterocycles. The summed E-state index contributed by atoms with van der Waals surface area (Å²) in [7, 11) is 0. The number of carbonyl (C=O) groups excluding carboxylic acids is 1. The van der Waals surface area contributed by atoms with Gasteiger partial charge in [0.05, 0.1) is 22.3 Å². The Labute approximate surface area is 161 Å². The molecule has 5 nitrogen and oxygen atoms in total. The van der Waals surface area contributed by atoms with Crippen LogP contribution in [0.15, 0.2) is 60.9 Å². The summed E-state index contributed by atoms with van der Waals surface area (Å²) in [4.78, 5) is 20.7. The van der Waals surface area contributed by atoms with Gasteiger partial charge in [-0.15, -0.1) is 0 Å². The van der Waals surface area contributed by atoms with Crippen LogP contribution in [0.5, 0.6) is 0 Å². The first-order chi connectivity index (χ1) is 12.5. The fourth-order valence-corrected chi connectivity index (χ4v) is 2.78. The predicted octanol–water partition coefficient (Wildman–Crippen LogP) is 5.02. The molecule has 0 aliphatic heterocycles. The highest BCUT2D eigenvalue weighted by molar-refractivity contribution is 6.36. The number of nitrogens with one attached hydrogen (secondary N) is 2. The molecule has 1 heterocycles. The summed E-state index contributed by atoms with van der Waals surface area (Å²) in [6.45, 7) is 1.92. The Kier molecular flexibility index (Phi) is 5.71. The molecule has 2 N–H and O–H groups in total. The Bertz CT molecular complexity index is 901. The summed E-state index contributed by atoms with van der Waals surface area (Å²) < 4.78 is 0. The van der Waals surface area contributed by atoms with E-state index < -0.39 is 0 Å². The van der Waals surface area contributed by atoms with Crippen molar-refractivity contribution in [2.24, 2.45) is 0 Å². The van der Waals surface area contributed by atoms with Crippen molar-refractivity contribution in [3.8, 4) is 0 Å². The SMILES string of the molecule is CC(NC(=O)c1cnc(Nc2ccc(Cl)cc2Cl)nc1)c1ccccc1. The Morgan fingerprint density at radius 2 is 1.73 bits per heavy atom. The topological polar surface area (TPSA) is 66.9 Å². The lowest BCUT2D eigenvalue weighted by Crippen LogP contribution is -2.26. The third kappa shape index (κ3) is 4.50. The van der Waals surface area contributed by atoms with Crippen molar-refractivity contribution >= 4 is 40.7 Å². The number of benzene rings is 2. The molecule has 2 aromatic carbocycles. The number of halogens is 2. The third-order valence-corrected chi connectivity index (χ3v) is 4.29. The molecular formula is C19H16Cl2N4O. The van der Waals surface area contributed by atoms with E-state index in [0.717, 1.165) is 5.56 Å². The van der Waals surface area contributed by atoms with Gasteiger partial charge in [-0.25, -0.2) is 9.97 Å². The van der Waals surface area contributed by atoms with Gasteiger partial charge in [-0.05, 0) is 30.7 Å². The smallest absolute Gasteiger partial charge is 0.254 e. The van der Waals surface area contributed by atoms with Crippen LogP contribution in [0.2, 0.25) is 10.0 Å². The molecule has 0 fully saturated rings. The minimum absolute atomic E-state index is 0.116. The molecule has 26 heavy (non-hydrogen) atoms. The monoisotopic (exact) mass is 386 g/mol. The summed E-state index contributed by atoms with van der Waals surface area (Å²) >= 11 is 12.0. The molecule has 1 atom stereocenters. The molecule has 0 saturated carbocycles. The molecule has 3 rings (SSSR count). The van der Waals surface area contributed by atoms with Gasteiger partial charge in [-0.1, -0.05) is 53.5 Å². The van der Waals surface area contributed by atoms with Gasteiger partial charge in [0, 0.05) is 17.4 Å². The van der Waals surface area contributed by atoms with Gasteiger partial charge in [-0.2, -0.15) is 0 Å². The van der Waals surface area contributed by atoms with Gasteiger partial charge < -0.3 is 10.6 Å². The molecule has 1 unspecified atom stereocenters. The van der Waals surface area contributed by atoms with E-state index in [1.54, 1.807) is 18.2 Å². The van der Waals surface area contributed by atoms with Crippen LogP contribution in [0.3, 0.4) is 0 Å². The largest absolute Gasteiger partial charge is 0.345 e. The normalized spacial score (nSPS) is 11.7. The fraction of sp³-hybridized carbons (Fsp3) is 0.105. The number of carbonyl (C=O) groups is 1. The highest BCUT2D eigenvalue weighted by Crippen LogP contribution is 2.27. The Morgan fingerprint density at radius 1 is 1.04 bits per heavy atom. The highest BCUT2D eigenvalue weighted by atomic mass is 35.5. The van der Waals surface area contributed by atoms with Gasteiger partial charge in [0.1, 0.15) is 0 Å². The van der Waals surface area contributed by atoms with Crippen molar-refractivity contribution in [1.29, 1.82) is 0 Å². The molecule has 0 radical (unpaired) electrons. The van der Waals surface area contributed by atoms with Gasteiger partial charge >= 0.3 is 0 Å². The van der Waals surface area contributed by atoms with Gasteiger partial charge in [-0.3, -0.25) is 4.79 Å². The number of anilines is 2. The minimum atomic E-state index is -0.238. The zero-order valence-electron chi connectivity index (χ0n) is 13.9. The Morgan fingerprint density at radius 3 is 2.38 bits per heavy atom. The maximum absolute atomic E-state index is 12.3. The van der Waals surface area contributed by atoms with E-state index in [1.807, 2.05) is 37.3 Å². The van der Waals surface area contributed by atoms with E-state index in [1.165, 1.54) is 12.4 Å². The quantitative estimate of drug-likeness (QED) is 0.645. The van der Waals surface area contributed by atoms with Crippen molar-refractivity contribution in [2.45, 2.75) is 13.0 Å². The Balaban J connectivity index is 1.66. The number of hydrogen-bond acceptors (Lipinski definition) is 4. The van der Waals surface area contributed by atoms with Crippen LogP contribution in [-0.2, 0) is 0 Å². The summed E-state index contributed by atoms with van der Waals surface area (Å²) in [5.41, 5.74) is 2.03. The molecule has 0 spiro atoms. The molecule has 0 aliphatic carbocycles. The van der Waals surface area contributed by atoms with Crippen LogP contribution in [0.4, 0.5) is 11.6 Å². The fourth-order valence-electron chi connectivity index (χ4n) is 2.33. The van der Waals surface area contributed by atoms with Crippen LogP contribution < -0.4 is 10.6 Å². The maximum Gasteiger partial charge on any atom is 0.254 e. The third-order valence-electron chi connectivity index (χ3n) is 3.74. The molecule has 132 valence electrons. The first-order valence-corrected chi connectivity index (χ1v) is 8.68. The van der Waals surface area contributed by atoms with E-state index in [0.29, 0.717) is 27.2 Å². The summed E-state index contributed by atoms with van der Waals surface area (Å²) in [6, 6.07) is 14.7. The molecule has 7 heteroatoms. The Hall–Kier alpha value is -2.63. The van der Waals surface area contributed by atoms with E-state index >= 15 is 0 Å². The van der Waals surface area contributed by atoms with Gasteiger partial charge in [0.2, 0.25) is 5.95 Å². The second-order valence-corrected chi connectivity index (χ2v) is 6.49. The average molecular weight is 387 g/mol. The second kappa shape index (κ2) is 8.17. The maximum atomic E-state index is 12.3. The van der Waals surface area contributed by atoms with Crippen molar-refractivity contribution < 1.29 is 4.79 Å².